The second-order valence-electron chi connectivity index (χ2n) is 6.98. The molecule has 1 amide bonds. The van der Waals surface area contributed by atoms with Crippen LogP contribution in [0.25, 0.3) is 5.69 Å². The van der Waals surface area contributed by atoms with Crippen LogP contribution in [-0.2, 0) is 10.2 Å². The first-order chi connectivity index (χ1) is 13.3. The highest BCUT2D eigenvalue weighted by Crippen LogP contribution is 2.30. The van der Waals surface area contributed by atoms with E-state index in [1.807, 2.05) is 18.2 Å². The smallest absolute Gasteiger partial charge is 0.234 e. The molecule has 146 valence electrons. The Morgan fingerprint density at radius 2 is 2.00 bits per heavy atom. The fourth-order valence-corrected chi connectivity index (χ4v) is 3.47. The van der Waals surface area contributed by atoms with Gasteiger partial charge in [-0.3, -0.25) is 9.78 Å². The van der Waals surface area contributed by atoms with Crippen molar-refractivity contribution in [2.24, 2.45) is 0 Å². The van der Waals surface area contributed by atoms with Gasteiger partial charge in [-0.1, -0.05) is 61.8 Å². The number of nitrogens with one attached hydrogen (secondary N) is 1. The highest BCUT2D eigenvalue weighted by molar-refractivity contribution is 7.99. The van der Waals surface area contributed by atoms with E-state index in [2.05, 4.69) is 46.6 Å². The summed E-state index contributed by atoms with van der Waals surface area (Å²) in [6, 6.07) is 7.41. The molecule has 0 bridgehead atoms. The van der Waals surface area contributed by atoms with E-state index in [-0.39, 0.29) is 17.1 Å². The molecule has 0 atom stereocenters. The lowest BCUT2D eigenvalue weighted by Crippen LogP contribution is -2.15. The number of thioether (sulfide) groups is 1. The monoisotopic (exact) mass is 436 g/mol. The molecule has 2 heterocycles. The molecule has 0 aliphatic heterocycles. The summed E-state index contributed by atoms with van der Waals surface area (Å²) in [6.45, 7) is 6.35. The number of hydrogen-bond acceptors (Lipinski definition) is 6. The lowest BCUT2D eigenvalue weighted by Gasteiger charge is -2.20. The number of anilines is 1. The Labute approximate surface area is 176 Å². The second kappa shape index (κ2) is 8.46. The SMILES string of the molecule is CC(C)(C)c1ccc(-n2nnnc2SCC(=O)Nc2ccncc2Cl)c(Cl)c1. The second-order valence-corrected chi connectivity index (χ2v) is 8.74. The van der Waals surface area contributed by atoms with Gasteiger partial charge in [-0.2, -0.15) is 4.68 Å². The van der Waals surface area contributed by atoms with Crippen LogP contribution in [0, 0.1) is 0 Å². The highest BCUT2D eigenvalue weighted by atomic mass is 35.5. The third kappa shape index (κ3) is 4.81. The molecule has 0 radical (unpaired) electrons. The fourth-order valence-electron chi connectivity index (χ4n) is 2.36. The topological polar surface area (TPSA) is 85.6 Å². The predicted octanol–water partition coefficient (Wildman–Crippen LogP) is 4.39. The van der Waals surface area contributed by atoms with Crippen LogP contribution >= 0.6 is 35.0 Å². The number of aromatic nitrogens is 5. The molecule has 0 aliphatic carbocycles. The zero-order valence-electron chi connectivity index (χ0n) is 15.5. The van der Waals surface area contributed by atoms with Crippen molar-refractivity contribution in [1.82, 2.24) is 25.2 Å². The van der Waals surface area contributed by atoms with Crippen LogP contribution in [-0.4, -0.2) is 36.9 Å². The molecule has 0 aliphatic rings. The largest absolute Gasteiger partial charge is 0.324 e. The van der Waals surface area contributed by atoms with Gasteiger partial charge in [-0.25, -0.2) is 0 Å². The Morgan fingerprint density at radius 1 is 1.21 bits per heavy atom. The Kier molecular flexibility index (Phi) is 6.22. The molecule has 7 nitrogen and oxygen atoms in total. The minimum atomic E-state index is -0.234. The van der Waals surface area contributed by atoms with E-state index in [4.69, 9.17) is 23.2 Å². The maximum absolute atomic E-state index is 12.2. The Morgan fingerprint density at radius 3 is 2.68 bits per heavy atom. The van der Waals surface area contributed by atoms with Crippen molar-refractivity contribution in [1.29, 1.82) is 0 Å². The van der Waals surface area contributed by atoms with E-state index >= 15 is 0 Å². The molecule has 0 saturated carbocycles. The summed E-state index contributed by atoms with van der Waals surface area (Å²) in [7, 11) is 0. The summed E-state index contributed by atoms with van der Waals surface area (Å²) in [4.78, 5) is 16.1. The number of nitrogens with zero attached hydrogens (tertiary/aromatic N) is 5. The molecule has 1 aromatic carbocycles. The average Bonchev–Trinajstić information content (AvgIpc) is 3.09. The van der Waals surface area contributed by atoms with Gasteiger partial charge in [0.1, 0.15) is 0 Å². The summed E-state index contributed by atoms with van der Waals surface area (Å²) in [5.41, 5.74) is 2.24. The summed E-state index contributed by atoms with van der Waals surface area (Å²) in [5.74, 6) is -0.127. The molecule has 3 rings (SSSR count). The van der Waals surface area contributed by atoms with Gasteiger partial charge >= 0.3 is 0 Å². The van der Waals surface area contributed by atoms with Gasteiger partial charge in [0.15, 0.2) is 0 Å². The number of tetrazole rings is 1. The molecule has 0 fully saturated rings. The minimum Gasteiger partial charge on any atom is -0.324 e. The van der Waals surface area contributed by atoms with Gasteiger partial charge in [-0.15, -0.1) is 5.10 Å². The number of amides is 1. The van der Waals surface area contributed by atoms with E-state index in [1.54, 1.807) is 12.3 Å². The number of halogens is 2. The third-order valence-corrected chi connectivity index (χ3v) is 5.38. The van der Waals surface area contributed by atoms with Gasteiger partial charge in [0.2, 0.25) is 11.1 Å². The predicted molar refractivity (Wildman–Crippen MR) is 111 cm³/mol. The van der Waals surface area contributed by atoms with Gasteiger partial charge < -0.3 is 5.32 Å². The van der Waals surface area contributed by atoms with E-state index in [1.165, 1.54) is 22.6 Å². The number of carbonyl (C=O) groups is 1. The van der Waals surface area contributed by atoms with E-state index in [0.29, 0.717) is 26.6 Å². The van der Waals surface area contributed by atoms with Crippen molar-refractivity contribution in [2.45, 2.75) is 31.3 Å². The van der Waals surface area contributed by atoms with Gasteiger partial charge in [0.05, 0.1) is 27.2 Å². The third-order valence-electron chi connectivity index (χ3n) is 3.86. The van der Waals surface area contributed by atoms with Crippen molar-refractivity contribution in [3.63, 3.8) is 0 Å². The first-order valence-electron chi connectivity index (χ1n) is 8.36. The van der Waals surface area contributed by atoms with Gasteiger partial charge in [0.25, 0.3) is 0 Å². The van der Waals surface area contributed by atoms with E-state index in [9.17, 15) is 4.79 Å². The first kappa shape index (κ1) is 20.6. The van der Waals surface area contributed by atoms with Crippen LogP contribution in [0.3, 0.4) is 0 Å². The van der Waals surface area contributed by atoms with E-state index < -0.39 is 0 Å². The van der Waals surface area contributed by atoms with Crippen molar-refractivity contribution in [3.05, 3.63) is 52.3 Å². The van der Waals surface area contributed by atoms with Crippen molar-refractivity contribution in [3.8, 4) is 5.69 Å². The molecular weight excluding hydrogens is 419 g/mol. The summed E-state index contributed by atoms with van der Waals surface area (Å²) in [6.07, 6.45) is 3.02. The zero-order valence-corrected chi connectivity index (χ0v) is 17.8. The van der Waals surface area contributed by atoms with Crippen LogP contribution in [0.2, 0.25) is 10.0 Å². The number of benzene rings is 1. The summed E-state index contributed by atoms with van der Waals surface area (Å²) in [5, 5.41) is 15.8. The fraction of sp³-hybridized carbons (Fsp3) is 0.278. The van der Waals surface area contributed by atoms with Crippen molar-refractivity contribution < 1.29 is 4.79 Å². The summed E-state index contributed by atoms with van der Waals surface area (Å²) >= 11 is 13.7. The molecule has 2 aromatic heterocycles. The molecule has 10 heteroatoms. The lowest BCUT2D eigenvalue weighted by atomic mass is 9.87. The maximum atomic E-state index is 12.2. The van der Waals surface area contributed by atoms with Crippen molar-refractivity contribution >= 4 is 46.6 Å². The quantitative estimate of drug-likeness (QED) is 0.596. The molecule has 3 aromatic rings. The van der Waals surface area contributed by atoms with Crippen molar-refractivity contribution in [2.75, 3.05) is 11.1 Å². The standard InChI is InChI=1S/C18H18Cl2N6OS/c1-18(2,3)11-4-5-15(12(19)8-11)26-17(23-24-25-26)28-10-16(27)22-14-6-7-21-9-13(14)20/h4-9H,10H2,1-3H3,(H,21,22,27). The first-order valence-corrected chi connectivity index (χ1v) is 10.1. The Bertz CT molecular complexity index is 1000. The van der Waals surface area contributed by atoms with Crippen LogP contribution < -0.4 is 5.32 Å². The minimum absolute atomic E-state index is 0.0211. The molecule has 0 saturated heterocycles. The Hall–Kier alpha value is -2.16. The number of hydrogen-bond donors (Lipinski definition) is 1. The normalized spacial score (nSPS) is 11.5. The van der Waals surface area contributed by atoms with Gasteiger partial charge in [-0.05, 0) is 39.6 Å². The number of pyridine rings is 1. The lowest BCUT2D eigenvalue weighted by molar-refractivity contribution is -0.113. The summed E-state index contributed by atoms with van der Waals surface area (Å²) < 4.78 is 1.52. The van der Waals surface area contributed by atoms with E-state index in [0.717, 1.165) is 5.56 Å². The van der Waals surface area contributed by atoms with Crippen LogP contribution in [0.15, 0.2) is 41.8 Å². The zero-order chi connectivity index (χ0) is 20.3. The molecule has 1 N–H and O–H groups in total. The van der Waals surface area contributed by atoms with Gasteiger partial charge in [0, 0.05) is 12.4 Å². The van der Waals surface area contributed by atoms with Crippen LogP contribution in [0.4, 0.5) is 5.69 Å². The number of carbonyl (C=O) groups excluding carboxylic acids is 1. The maximum Gasteiger partial charge on any atom is 0.234 e. The molecule has 28 heavy (non-hydrogen) atoms. The highest BCUT2D eigenvalue weighted by Gasteiger charge is 2.18. The van der Waals surface area contributed by atoms with Crippen LogP contribution in [0.1, 0.15) is 26.3 Å². The molecule has 0 unspecified atom stereocenters. The molecular formula is C18H18Cl2N6OS. The Balaban J connectivity index is 1.72. The van der Waals surface area contributed by atoms with Crippen LogP contribution in [0.5, 0.6) is 0 Å². The number of rotatable bonds is 5. The average molecular weight is 437 g/mol. The molecule has 0 spiro atoms.